The van der Waals surface area contributed by atoms with Crippen molar-refractivity contribution in [2.24, 2.45) is 11.1 Å². The van der Waals surface area contributed by atoms with Gasteiger partial charge in [0.1, 0.15) is 6.10 Å². The molecule has 1 rings (SSSR count). The molecule has 6 heteroatoms. The fourth-order valence-electron chi connectivity index (χ4n) is 3.25. The lowest BCUT2D eigenvalue weighted by atomic mass is 9.94. The molecule has 0 amide bonds. The molecule has 29 heavy (non-hydrogen) atoms. The summed E-state index contributed by atoms with van der Waals surface area (Å²) in [5.74, 6) is 0.789. The van der Waals surface area contributed by atoms with Crippen LogP contribution in [0, 0.1) is 5.92 Å². The number of halogens is 3. The van der Waals surface area contributed by atoms with Crippen molar-refractivity contribution in [1.82, 2.24) is 0 Å². The number of hydrogen-bond donors (Lipinski definition) is 0. The summed E-state index contributed by atoms with van der Waals surface area (Å²) in [4.78, 5) is 5.34. The van der Waals surface area contributed by atoms with Crippen molar-refractivity contribution >= 4 is 5.90 Å². The van der Waals surface area contributed by atoms with Gasteiger partial charge in [0.15, 0.2) is 6.61 Å². The van der Waals surface area contributed by atoms with E-state index in [0.29, 0.717) is 25.3 Å². The van der Waals surface area contributed by atoms with Crippen LogP contribution in [0.4, 0.5) is 13.2 Å². The monoisotopic (exact) mass is 417 g/mol. The van der Waals surface area contributed by atoms with Crippen molar-refractivity contribution in [1.29, 1.82) is 0 Å². The van der Waals surface area contributed by atoms with Crippen LogP contribution in [-0.4, -0.2) is 24.8 Å². The van der Waals surface area contributed by atoms with E-state index in [0.717, 1.165) is 32.1 Å². The summed E-state index contributed by atoms with van der Waals surface area (Å²) in [5.41, 5.74) is 0. The number of alkyl halides is 3. The van der Waals surface area contributed by atoms with Gasteiger partial charge in [-0.15, -0.1) is 0 Å². The molecule has 0 aromatic carbocycles. The molecule has 3 nitrogen and oxygen atoms in total. The molecule has 0 N–H and O–H groups in total. The van der Waals surface area contributed by atoms with Crippen molar-refractivity contribution < 1.29 is 22.7 Å². The Balaban J connectivity index is 2.40. The molecule has 0 saturated carbocycles. The van der Waals surface area contributed by atoms with Crippen LogP contribution in [0.15, 0.2) is 29.5 Å². The normalized spacial score (nSPS) is 18.7. The third kappa shape index (κ3) is 14.2. The molecule has 0 aromatic rings. The van der Waals surface area contributed by atoms with Gasteiger partial charge in [-0.05, 0) is 31.6 Å². The number of ether oxygens (including phenoxy) is 1. The number of nitrogens with zero attached hydrogens (tertiary/aromatic N) is 1. The van der Waals surface area contributed by atoms with E-state index < -0.39 is 12.6 Å². The summed E-state index contributed by atoms with van der Waals surface area (Å²) >= 11 is 0. The molecular formula is C23H38F3NO2. The Kier molecular flexibility index (Phi) is 13.6. The Morgan fingerprint density at radius 1 is 1.03 bits per heavy atom. The van der Waals surface area contributed by atoms with E-state index in [-0.39, 0.29) is 12.0 Å². The molecular weight excluding hydrogens is 379 g/mol. The summed E-state index contributed by atoms with van der Waals surface area (Å²) in [5, 5.41) is 4.04. The Hall–Kier alpha value is -1.46. The third-order valence-electron chi connectivity index (χ3n) is 4.93. The van der Waals surface area contributed by atoms with E-state index in [1.54, 1.807) is 6.08 Å². The summed E-state index contributed by atoms with van der Waals surface area (Å²) in [6.45, 7) is 4.76. The van der Waals surface area contributed by atoms with Gasteiger partial charge in [-0.3, -0.25) is 0 Å². The van der Waals surface area contributed by atoms with Crippen LogP contribution in [0.25, 0.3) is 0 Å². The molecule has 168 valence electrons. The standard InChI is InChI=1S/C23H38F3NO2/c1-3-5-7-8-9-10-11-16-21-19-28-27-22(29-21)18-20(14-6-4-2)15-12-13-17-23(24,25)26/h10-13,20-21H,3-9,14-19H2,1-2H3/b11-10+,13-12+. The maximum Gasteiger partial charge on any atom is 0.392 e. The van der Waals surface area contributed by atoms with Crippen LogP contribution in [0.2, 0.25) is 0 Å². The van der Waals surface area contributed by atoms with Crippen molar-refractivity contribution in [2.45, 2.75) is 103 Å². The fourth-order valence-corrected chi connectivity index (χ4v) is 3.25. The fraction of sp³-hybridized carbons (Fsp3) is 0.783. The Labute approximate surface area is 174 Å². The highest BCUT2D eigenvalue weighted by atomic mass is 19.4. The predicted octanol–water partition coefficient (Wildman–Crippen LogP) is 7.73. The predicted molar refractivity (Wildman–Crippen MR) is 113 cm³/mol. The van der Waals surface area contributed by atoms with Crippen LogP contribution in [0.1, 0.15) is 90.9 Å². The zero-order valence-electron chi connectivity index (χ0n) is 18.1. The van der Waals surface area contributed by atoms with E-state index in [2.05, 4.69) is 31.2 Å². The first-order chi connectivity index (χ1) is 13.9. The largest absolute Gasteiger partial charge is 0.471 e. The van der Waals surface area contributed by atoms with Gasteiger partial charge in [0, 0.05) is 12.8 Å². The van der Waals surface area contributed by atoms with Crippen molar-refractivity contribution in [3.8, 4) is 0 Å². The molecule has 1 aliphatic rings. The average molecular weight is 418 g/mol. The molecule has 0 aromatic heterocycles. The first-order valence-electron chi connectivity index (χ1n) is 11.2. The lowest BCUT2D eigenvalue weighted by molar-refractivity contribution is -0.125. The molecule has 0 bridgehead atoms. The molecule has 1 heterocycles. The highest BCUT2D eigenvalue weighted by molar-refractivity contribution is 5.76. The number of allylic oxidation sites excluding steroid dienone is 3. The molecule has 0 fully saturated rings. The van der Waals surface area contributed by atoms with E-state index in [1.807, 2.05) is 0 Å². The molecule has 2 unspecified atom stereocenters. The Morgan fingerprint density at radius 3 is 2.55 bits per heavy atom. The van der Waals surface area contributed by atoms with Crippen LogP contribution >= 0.6 is 0 Å². The minimum absolute atomic E-state index is 0.0398. The minimum atomic E-state index is -4.14. The van der Waals surface area contributed by atoms with Gasteiger partial charge in [0.05, 0.1) is 6.42 Å². The first kappa shape index (κ1) is 25.6. The van der Waals surface area contributed by atoms with Gasteiger partial charge in [0.25, 0.3) is 0 Å². The maximum absolute atomic E-state index is 12.3. The van der Waals surface area contributed by atoms with Crippen LogP contribution < -0.4 is 0 Å². The molecule has 0 aliphatic carbocycles. The second-order valence-corrected chi connectivity index (χ2v) is 7.82. The highest BCUT2D eigenvalue weighted by Crippen LogP contribution is 2.23. The second kappa shape index (κ2) is 15.4. The Morgan fingerprint density at radius 2 is 1.83 bits per heavy atom. The average Bonchev–Trinajstić information content (AvgIpc) is 2.68. The van der Waals surface area contributed by atoms with E-state index in [9.17, 15) is 13.2 Å². The molecule has 0 saturated heterocycles. The minimum Gasteiger partial charge on any atom is -0.471 e. The van der Waals surface area contributed by atoms with E-state index >= 15 is 0 Å². The maximum atomic E-state index is 12.3. The van der Waals surface area contributed by atoms with Gasteiger partial charge in [-0.2, -0.15) is 13.2 Å². The summed E-state index contributed by atoms with van der Waals surface area (Å²) < 4.78 is 42.8. The summed E-state index contributed by atoms with van der Waals surface area (Å²) in [7, 11) is 0. The van der Waals surface area contributed by atoms with Gasteiger partial charge in [-0.25, -0.2) is 0 Å². The topological polar surface area (TPSA) is 30.8 Å². The van der Waals surface area contributed by atoms with E-state index in [1.165, 1.54) is 31.8 Å². The number of unbranched alkanes of at least 4 members (excludes halogenated alkanes) is 5. The number of hydrogen-bond acceptors (Lipinski definition) is 3. The second-order valence-electron chi connectivity index (χ2n) is 7.82. The van der Waals surface area contributed by atoms with Crippen molar-refractivity contribution in [2.75, 3.05) is 6.61 Å². The van der Waals surface area contributed by atoms with Crippen LogP contribution in [0.3, 0.4) is 0 Å². The number of rotatable bonds is 15. The molecule has 2 atom stereocenters. The van der Waals surface area contributed by atoms with Gasteiger partial charge >= 0.3 is 6.18 Å². The van der Waals surface area contributed by atoms with Gasteiger partial charge in [-0.1, -0.05) is 75.4 Å². The third-order valence-corrected chi connectivity index (χ3v) is 4.93. The van der Waals surface area contributed by atoms with Crippen LogP contribution in [0.5, 0.6) is 0 Å². The Bertz CT molecular complexity index is 501. The lowest BCUT2D eigenvalue weighted by Crippen LogP contribution is -2.28. The number of oxime groups is 1. The smallest absolute Gasteiger partial charge is 0.392 e. The molecule has 0 spiro atoms. The SMILES string of the molecule is CCCCCC/C=C/CC1CON=C(CC(C/C=C/CC(F)(F)F)CCCC)O1. The lowest BCUT2D eigenvalue weighted by Gasteiger charge is -2.24. The van der Waals surface area contributed by atoms with Crippen LogP contribution in [-0.2, 0) is 9.57 Å². The first-order valence-corrected chi connectivity index (χ1v) is 11.2. The summed E-state index contributed by atoms with van der Waals surface area (Å²) in [6, 6.07) is 0. The van der Waals surface area contributed by atoms with Crippen molar-refractivity contribution in [3.05, 3.63) is 24.3 Å². The van der Waals surface area contributed by atoms with Gasteiger partial charge in [0.2, 0.25) is 5.90 Å². The quantitative estimate of drug-likeness (QED) is 0.202. The summed E-state index contributed by atoms with van der Waals surface area (Å²) in [6.07, 6.45) is 13.3. The van der Waals surface area contributed by atoms with Crippen molar-refractivity contribution in [3.63, 3.8) is 0 Å². The zero-order chi connectivity index (χ0) is 21.4. The molecule has 1 aliphatic heterocycles. The highest BCUT2D eigenvalue weighted by Gasteiger charge is 2.25. The van der Waals surface area contributed by atoms with Gasteiger partial charge < -0.3 is 9.57 Å². The molecule has 0 radical (unpaired) electrons. The van der Waals surface area contributed by atoms with E-state index in [4.69, 9.17) is 9.57 Å². The zero-order valence-corrected chi connectivity index (χ0v) is 18.1.